The van der Waals surface area contributed by atoms with Gasteiger partial charge in [-0.1, -0.05) is 20.8 Å². The van der Waals surface area contributed by atoms with Gasteiger partial charge in [0.2, 0.25) is 5.95 Å². The molecule has 6 heteroatoms. The maximum atomic E-state index is 6.16. The highest BCUT2D eigenvalue weighted by molar-refractivity contribution is 8.00. The first-order valence-electron chi connectivity index (χ1n) is 7.24. The summed E-state index contributed by atoms with van der Waals surface area (Å²) < 4.78 is 4.25. The fraction of sp³-hybridized carbons (Fsp3) is 0.714. The number of thioether (sulfide) groups is 1. The molecule has 0 fully saturated rings. The predicted octanol–water partition coefficient (Wildman–Crippen LogP) is 2.84. The van der Waals surface area contributed by atoms with Gasteiger partial charge in [0.05, 0.1) is 5.69 Å². The van der Waals surface area contributed by atoms with Gasteiger partial charge >= 0.3 is 0 Å². The second-order valence-corrected chi connectivity index (χ2v) is 6.52. The average Bonchev–Trinajstić information content (AvgIpc) is 2.94. The lowest BCUT2D eigenvalue weighted by atomic mass is 10.0. The summed E-state index contributed by atoms with van der Waals surface area (Å²) in [6, 6.07) is 0. The van der Waals surface area contributed by atoms with Crippen LogP contribution in [0.1, 0.15) is 39.3 Å². The molecule has 0 radical (unpaired) electrons. The molecule has 2 rings (SSSR count). The van der Waals surface area contributed by atoms with Gasteiger partial charge < -0.3 is 5.73 Å². The molecule has 112 valence electrons. The molecule has 20 heavy (non-hydrogen) atoms. The number of fused-ring (bicyclic) bond motifs is 1. The van der Waals surface area contributed by atoms with Gasteiger partial charge in [-0.3, -0.25) is 9.25 Å². The van der Waals surface area contributed by atoms with Crippen LogP contribution in [0.3, 0.4) is 0 Å². The molecule has 0 unspecified atom stereocenters. The Morgan fingerprint density at radius 1 is 1.25 bits per heavy atom. The Kier molecular flexibility index (Phi) is 4.32. The fourth-order valence-electron chi connectivity index (χ4n) is 2.77. The zero-order chi connectivity index (χ0) is 14.9. The van der Waals surface area contributed by atoms with E-state index in [1.165, 1.54) is 0 Å². The van der Waals surface area contributed by atoms with Crippen LogP contribution in [0, 0.1) is 0 Å². The number of anilines is 1. The van der Waals surface area contributed by atoms with Crippen LogP contribution in [0.5, 0.6) is 0 Å². The van der Waals surface area contributed by atoms with Crippen molar-refractivity contribution >= 4 is 28.9 Å². The van der Waals surface area contributed by atoms with E-state index >= 15 is 0 Å². The molecule has 0 saturated carbocycles. The number of hydrogen-bond acceptors (Lipinski definition) is 4. The number of hydrogen-bond donors (Lipinski definition) is 1. The van der Waals surface area contributed by atoms with E-state index in [9.17, 15) is 0 Å². The van der Waals surface area contributed by atoms with Crippen LogP contribution in [-0.2, 0) is 20.0 Å². The normalized spacial score (nSPS) is 12.4. The summed E-state index contributed by atoms with van der Waals surface area (Å²) >= 11 is 1.92. The number of aromatic nitrogens is 4. The summed E-state index contributed by atoms with van der Waals surface area (Å²) in [5.74, 6) is 0.600. The van der Waals surface area contributed by atoms with Crippen LogP contribution in [0.25, 0.3) is 11.2 Å². The third-order valence-electron chi connectivity index (χ3n) is 4.32. The first-order valence-corrected chi connectivity index (χ1v) is 8.47. The number of nitrogens with two attached hydrogens (primary N) is 1. The van der Waals surface area contributed by atoms with Gasteiger partial charge in [-0.05, 0) is 25.5 Å². The van der Waals surface area contributed by atoms with Crippen molar-refractivity contribution in [3.63, 3.8) is 0 Å². The molecule has 0 aliphatic carbocycles. The molecule has 0 atom stereocenters. The Bertz CT molecular complexity index is 586. The second-order valence-electron chi connectivity index (χ2n) is 5.25. The molecular weight excluding hydrogens is 270 g/mol. The van der Waals surface area contributed by atoms with E-state index in [0.717, 1.165) is 42.7 Å². The molecule has 0 aliphatic heterocycles. The summed E-state index contributed by atoms with van der Waals surface area (Å²) in [4.78, 5) is 4.54. The van der Waals surface area contributed by atoms with E-state index < -0.39 is 0 Å². The van der Waals surface area contributed by atoms with Crippen molar-refractivity contribution in [2.24, 2.45) is 7.05 Å². The minimum absolute atomic E-state index is 0.207. The largest absolute Gasteiger partial charge is 0.369 e. The second kappa shape index (κ2) is 5.68. The lowest BCUT2D eigenvalue weighted by Crippen LogP contribution is -2.30. The Labute approximate surface area is 124 Å². The van der Waals surface area contributed by atoms with Gasteiger partial charge in [-0.2, -0.15) is 16.9 Å². The van der Waals surface area contributed by atoms with E-state index in [4.69, 9.17) is 5.73 Å². The maximum Gasteiger partial charge on any atom is 0.202 e. The van der Waals surface area contributed by atoms with Crippen LogP contribution in [0.2, 0.25) is 0 Å². The molecule has 0 spiro atoms. The van der Waals surface area contributed by atoms with Crippen LogP contribution < -0.4 is 5.73 Å². The highest BCUT2D eigenvalue weighted by Crippen LogP contribution is 2.34. The quantitative estimate of drug-likeness (QED) is 0.890. The molecule has 0 aliphatic rings. The first-order chi connectivity index (χ1) is 9.51. The van der Waals surface area contributed by atoms with Gasteiger partial charge in [-0.15, -0.1) is 0 Å². The minimum Gasteiger partial charge on any atom is -0.369 e. The van der Waals surface area contributed by atoms with Crippen LogP contribution in [0.4, 0.5) is 5.95 Å². The number of aryl methyl sites for hydroxylation is 2. The van der Waals surface area contributed by atoms with Crippen molar-refractivity contribution in [3.05, 3.63) is 5.69 Å². The summed E-state index contributed by atoms with van der Waals surface area (Å²) in [5.41, 5.74) is 9.18. The molecule has 5 nitrogen and oxygen atoms in total. The standard InChI is InChI=1S/C14H25N5S/c1-6-10-11-12(18(4)17-10)19(13(15)16-11)9-14(7-2,8-3)20-5/h6-9H2,1-5H3,(H2,15,16). The Hall–Kier alpha value is -1.17. The van der Waals surface area contributed by atoms with E-state index in [-0.39, 0.29) is 4.75 Å². The highest BCUT2D eigenvalue weighted by Gasteiger charge is 2.28. The topological polar surface area (TPSA) is 61.7 Å². The molecule has 2 heterocycles. The molecule has 0 saturated heterocycles. The van der Waals surface area contributed by atoms with Crippen LogP contribution in [-0.4, -0.2) is 30.3 Å². The van der Waals surface area contributed by atoms with Gasteiger partial charge in [0, 0.05) is 18.3 Å². The molecule has 2 N–H and O–H groups in total. The SMILES string of the molecule is CCc1nn(C)c2c1nc(N)n2CC(CC)(CC)SC. The molecule has 0 aromatic carbocycles. The molecular formula is C14H25N5S. The Morgan fingerprint density at radius 3 is 2.40 bits per heavy atom. The molecule has 0 amide bonds. The summed E-state index contributed by atoms with van der Waals surface area (Å²) in [6.07, 6.45) is 5.28. The third kappa shape index (κ3) is 2.30. The zero-order valence-corrected chi connectivity index (χ0v) is 13.9. The Morgan fingerprint density at radius 2 is 1.90 bits per heavy atom. The molecule has 2 aromatic rings. The van der Waals surface area contributed by atoms with Gasteiger partial charge in [0.15, 0.2) is 5.65 Å². The molecule has 0 bridgehead atoms. The van der Waals surface area contributed by atoms with Crippen LogP contribution in [0.15, 0.2) is 0 Å². The Balaban J connectivity index is 2.54. The smallest absolute Gasteiger partial charge is 0.202 e. The number of nitrogen functional groups attached to an aromatic ring is 1. The van der Waals surface area contributed by atoms with Crippen molar-refractivity contribution in [1.82, 2.24) is 19.3 Å². The number of rotatable bonds is 6. The number of nitrogens with zero attached hydrogens (tertiary/aromatic N) is 4. The van der Waals surface area contributed by atoms with Crippen molar-refractivity contribution in [1.29, 1.82) is 0 Å². The number of imidazole rings is 1. The lowest BCUT2D eigenvalue weighted by molar-refractivity contribution is 0.471. The van der Waals surface area contributed by atoms with Gasteiger partial charge in [0.1, 0.15) is 5.52 Å². The summed E-state index contributed by atoms with van der Waals surface area (Å²) in [7, 11) is 1.97. The summed E-state index contributed by atoms with van der Waals surface area (Å²) in [5, 5.41) is 4.55. The van der Waals surface area contributed by atoms with Gasteiger partial charge in [0.25, 0.3) is 0 Å². The fourth-order valence-corrected chi connectivity index (χ4v) is 3.60. The van der Waals surface area contributed by atoms with E-state index in [1.54, 1.807) is 0 Å². The van der Waals surface area contributed by atoms with E-state index in [2.05, 4.69) is 41.7 Å². The third-order valence-corrected chi connectivity index (χ3v) is 5.90. The maximum absolute atomic E-state index is 6.16. The van der Waals surface area contributed by atoms with E-state index in [0.29, 0.717) is 5.95 Å². The van der Waals surface area contributed by atoms with Crippen molar-refractivity contribution in [2.45, 2.75) is 51.3 Å². The van der Waals surface area contributed by atoms with Gasteiger partial charge in [-0.25, -0.2) is 4.98 Å². The molecule has 2 aromatic heterocycles. The van der Waals surface area contributed by atoms with Crippen molar-refractivity contribution in [2.75, 3.05) is 12.0 Å². The van der Waals surface area contributed by atoms with Crippen molar-refractivity contribution < 1.29 is 0 Å². The van der Waals surface area contributed by atoms with Crippen LogP contribution >= 0.6 is 11.8 Å². The zero-order valence-electron chi connectivity index (χ0n) is 13.1. The predicted molar refractivity (Wildman–Crippen MR) is 87.1 cm³/mol. The minimum atomic E-state index is 0.207. The monoisotopic (exact) mass is 295 g/mol. The van der Waals surface area contributed by atoms with Crippen molar-refractivity contribution in [3.8, 4) is 0 Å². The lowest BCUT2D eigenvalue weighted by Gasteiger charge is -2.30. The van der Waals surface area contributed by atoms with E-state index in [1.807, 2.05) is 23.5 Å². The summed E-state index contributed by atoms with van der Waals surface area (Å²) in [6.45, 7) is 7.46. The average molecular weight is 295 g/mol. The first kappa shape index (κ1) is 15.2. The highest BCUT2D eigenvalue weighted by atomic mass is 32.2.